The molecule has 1 aromatic rings. The molecular weight excluding hydrogens is 266 g/mol. The molecule has 1 heterocycles. The molecule has 1 aromatic heterocycles. The van der Waals surface area contributed by atoms with Crippen LogP contribution in [0.2, 0.25) is 0 Å². The third-order valence-electron chi connectivity index (χ3n) is 4.47. The summed E-state index contributed by atoms with van der Waals surface area (Å²) in [4.78, 5) is 16.3. The first-order chi connectivity index (χ1) is 10.2. The summed E-state index contributed by atoms with van der Waals surface area (Å²) < 4.78 is 2.06. The third-order valence-corrected chi connectivity index (χ3v) is 4.47. The first-order valence-corrected chi connectivity index (χ1v) is 8.08. The number of nitrogens with one attached hydrogen (secondary N) is 1. The van der Waals surface area contributed by atoms with Crippen molar-refractivity contribution in [3.05, 3.63) is 18.2 Å². The number of aliphatic hydroxyl groups excluding tert-OH is 1. The van der Waals surface area contributed by atoms with Crippen LogP contribution in [-0.2, 0) is 11.3 Å². The molecule has 1 saturated carbocycles. The van der Waals surface area contributed by atoms with Crippen molar-refractivity contribution in [1.29, 1.82) is 0 Å². The predicted octanol–water partition coefficient (Wildman–Crippen LogP) is 2.03. The van der Waals surface area contributed by atoms with Gasteiger partial charge >= 0.3 is 0 Å². The van der Waals surface area contributed by atoms with Crippen LogP contribution >= 0.6 is 0 Å². The molecule has 1 aliphatic carbocycles. The molecule has 2 N–H and O–H groups in total. The van der Waals surface area contributed by atoms with Crippen molar-refractivity contribution in [2.24, 2.45) is 5.92 Å². The van der Waals surface area contributed by atoms with Crippen molar-refractivity contribution in [1.82, 2.24) is 14.9 Å². The van der Waals surface area contributed by atoms with Gasteiger partial charge in [0.2, 0.25) is 5.91 Å². The molecule has 1 fully saturated rings. The molecule has 1 amide bonds. The molecule has 1 aliphatic rings. The summed E-state index contributed by atoms with van der Waals surface area (Å²) >= 11 is 0. The summed E-state index contributed by atoms with van der Waals surface area (Å²) in [7, 11) is 0. The van der Waals surface area contributed by atoms with Crippen LogP contribution in [0, 0.1) is 12.8 Å². The van der Waals surface area contributed by atoms with Gasteiger partial charge in [0.05, 0.1) is 0 Å². The molecule has 2 unspecified atom stereocenters. The molecular formula is C16H27N3O2. The summed E-state index contributed by atoms with van der Waals surface area (Å²) in [6.07, 6.45) is 10.6. The Balaban J connectivity index is 1.74. The van der Waals surface area contributed by atoms with Crippen LogP contribution in [0.1, 0.15) is 50.8 Å². The number of rotatable bonds is 6. The number of hydrogen-bond acceptors (Lipinski definition) is 3. The van der Waals surface area contributed by atoms with Crippen molar-refractivity contribution in [2.45, 2.75) is 64.5 Å². The number of aromatic nitrogens is 2. The molecule has 0 aromatic carbocycles. The van der Waals surface area contributed by atoms with Gasteiger partial charge in [0.25, 0.3) is 0 Å². The molecule has 21 heavy (non-hydrogen) atoms. The SMILES string of the molecule is Cc1nccn1CCCC(=O)NC1CCCCCC1CO. The number of carbonyl (C=O) groups is 1. The average molecular weight is 293 g/mol. The maximum absolute atomic E-state index is 12.1. The fourth-order valence-electron chi connectivity index (χ4n) is 3.12. The van der Waals surface area contributed by atoms with Crippen LogP contribution in [0.3, 0.4) is 0 Å². The second kappa shape index (κ2) is 8.17. The van der Waals surface area contributed by atoms with E-state index >= 15 is 0 Å². The van der Waals surface area contributed by atoms with Gasteiger partial charge in [0.1, 0.15) is 5.82 Å². The number of aryl methyl sites for hydroxylation is 2. The topological polar surface area (TPSA) is 67.2 Å². The zero-order valence-corrected chi connectivity index (χ0v) is 12.9. The smallest absolute Gasteiger partial charge is 0.220 e. The number of carbonyl (C=O) groups excluding carboxylic acids is 1. The van der Waals surface area contributed by atoms with E-state index in [-0.39, 0.29) is 24.5 Å². The van der Waals surface area contributed by atoms with Crippen LogP contribution in [0.25, 0.3) is 0 Å². The quantitative estimate of drug-likeness (QED) is 0.789. The first-order valence-electron chi connectivity index (χ1n) is 8.08. The van der Waals surface area contributed by atoms with E-state index in [2.05, 4.69) is 14.9 Å². The lowest BCUT2D eigenvalue weighted by Crippen LogP contribution is -2.41. The van der Waals surface area contributed by atoms with Gasteiger partial charge in [-0.25, -0.2) is 4.98 Å². The molecule has 0 bridgehead atoms. The zero-order valence-electron chi connectivity index (χ0n) is 12.9. The van der Waals surface area contributed by atoms with E-state index in [9.17, 15) is 9.90 Å². The average Bonchev–Trinajstić information content (AvgIpc) is 2.74. The highest BCUT2D eigenvalue weighted by molar-refractivity contribution is 5.76. The van der Waals surface area contributed by atoms with Crippen molar-refractivity contribution in [3.63, 3.8) is 0 Å². The Bertz CT molecular complexity index is 444. The van der Waals surface area contributed by atoms with Gasteiger partial charge in [-0.05, 0) is 26.2 Å². The summed E-state index contributed by atoms with van der Waals surface area (Å²) in [5.74, 6) is 1.32. The molecule has 0 radical (unpaired) electrons. The molecule has 0 aliphatic heterocycles. The highest BCUT2D eigenvalue weighted by atomic mass is 16.3. The third kappa shape index (κ3) is 4.84. The molecule has 118 valence electrons. The number of aliphatic hydroxyl groups is 1. The van der Waals surface area contributed by atoms with Gasteiger partial charge in [0, 0.05) is 43.9 Å². The number of hydrogen-bond donors (Lipinski definition) is 2. The Labute approximate surface area is 126 Å². The monoisotopic (exact) mass is 293 g/mol. The summed E-state index contributed by atoms with van der Waals surface area (Å²) in [6, 6.07) is 0.153. The predicted molar refractivity (Wildman–Crippen MR) is 81.8 cm³/mol. The lowest BCUT2D eigenvalue weighted by Gasteiger charge is -2.24. The second-order valence-corrected chi connectivity index (χ2v) is 6.03. The van der Waals surface area contributed by atoms with Crippen molar-refractivity contribution < 1.29 is 9.90 Å². The Morgan fingerprint density at radius 2 is 2.24 bits per heavy atom. The maximum atomic E-state index is 12.1. The molecule has 2 rings (SSSR count). The van der Waals surface area contributed by atoms with Gasteiger partial charge in [-0.15, -0.1) is 0 Å². The minimum Gasteiger partial charge on any atom is -0.396 e. The fourth-order valence-corrected chi connectivity index (χ4v) is 3.12. The second-order valence-electron chi connectivity index (χ2n) is 6.03. The summed E-state index contributed by atoms with van der Waals surface area (Å²) in [5, 5.41) is 12.6. The Hall–Kier alpha value is -1.36. The molecule has 2 atom stereocenters. The lowest BCUT2D eigenvalue weighted by molar-refractivity contribution is -0.122. The fraction of sp³-hybridized carbons (Fsp3) is 0.750. The van der Waals surface area contributed by atoms with E-state index < -0.39 is 0 Å². The van der Waals surface area contributed by atoms with E-state index in [0.29, 0.717) is 6.42 Å². The van der Waals surface area contributed by atoms with Crippen LogP contribution in [0.15, 0.2) is 12.4 Å². The van der Waals surface area contributed by atoms with Gasteiger partial charge in [-0.3, -0.25) is 4.79 Å². The van der Waals surface area contributed by atoms with E-state index in [4.69, 9.17) is 0 Å². The molecule has 5 heteroatoms. The number of amides is 1. The van der Waals surface area contributed by atoms with Gasteiger partial charge in [0.15, 0.2) is 0 Å². The van der Waals surface area contributed by atoms with E-state index in [1.807, 2.05) is 13.1 Å². The molecule has 0 saturated heterocycles. The normalized spacial score (nSPS) is 22.8. The van der Waals surface area contributed by atoms with E-state index in [0.717, 1.165) is 44.5 Å². The summed E-state index contributed by atoms with van der Waals surface area (Å²) in [6.45, 7) is 2.98. The van der Waals surface area contributed by atoms with Crippen molar-refractivity contribution >= 4 is 5.91 Å². The van der Waals surface area contributed by atoms with Crippen molar-refractivity contribution in [3.8, 4) is 0 Å². The highest BCUT2D eigenvalue weighted by Gasteiger charge is 2.24. The Morgan fingerprint density at radius 1 is 1.43 bits per heavy atom. The molecule has 0 spiro atoms. The van der Waals surface area contributed by atoms with Crippen LogP contribution in [0.5, 0.6) is 0 Å². The van der Waals surface area contributed by atoms with Crippen LogP contribution < -0.4 is 5.32 Å². The van der Waals surface area contributed by atoms with Crippen LogP contribution in [0.4, 0.5) is 0 Å². The van der Waals surface area contributed by atoms with E-state index in [1.165, 1.54) is 6.42 Å². The zero-order chi connectivity index (χ0) is 15.1. The molecule has 5 nitrogen and oxygen atoms in total. The van der Waals surface area contributed by atoms with Gasteiger partial charge < -0.3 is 15.0 Å². The minimum absolute atomic E-state index is 0.109. The Kier molecular flexibility index (Phi) is 6.23. The van der Waals surface area contributed by atoms with Gasteiger partial charge in [-0.1, -0.05) is 19.3 Å². The number of nitrogens with zero attached hydrogens (tertiary/aromatic N) is 2. The number of imidazole rings is 1. The maximum Gasteiger partial charge on any atom is 0.220 e. The van der Waals surface area contributed by atoms with Gasteiger partial charge in [-0.2, -0.15) is 0 Å². The van der Waals surface area contributed by atoms with Crippen LogP contribution in [-0.4, -0.2) is 33.2 Å². The highest BCUT2D eigenvalue weighted by Crippen LogP contribution is 2.23. The van der Waals surface area contributed by atoms with Crippen molar-refractivity contribution in [2.75, 3.05) is 6.61 Å². The summed E-state index contributed by atoms with van der Waals surface area (Å²) in [5.41, 5.74) is 0. The Morgan fingerprint density at radius 3 is 2.95 bits per heavy atom. The standard InChI is InChI=1S/C16H27N3O2/c1-13-17-9-11-19(13)10-5-8-16(21)18-15-7-4-2-3-6-14(15)12-20/h9,11,14-15,20H,2-8,10,12H2,1H3,(H,18,21). The lowest BCUT2D eigenvalue weighted by atomic mass is 9.95. The minimum atomic E-state index is 0.109. The first kappa shape index (κ1) is 16.0. The van der Waals surface area contributed by atoms with E-state index in [1.54, 1.807) is 6.20 Å². The largest absolute Gasteiger partial charge is 0.396 e.